The molecule has 0 fully saturated rings. The van der Waals surface area contributed by atoms with Gasteiger partial charge >= 0.3 is 5.97 Å². The van der Waals surface area contributed by atoms with Crippen molar-refractivity contribution in [3.8, 4) is 6.07 Å². The number of H-pyrrole nitrogens is 1. The Morgan fingerprint density at radius 1 is 1.29 bits per heavy atom. The number of aromatic nitrogens is 1. The van der Waals surface area contributed by atoms with E-state index in [4.69, 9.17) is 4.74 Å². The summed E-state index contributed by atoms with van der Waals surface area (Å²) in [5, 5.41) is 13.1. The second-order valence-corrected chi connectivity index (χ2v) is 7.50. The van der Waals surface area contributed by atoms with Crippen molar-refractivity contribution in [3.63, 3.8) is 0 Å². The van der Waals surface area contributed by atoms with Gasteiger partial charge in [-0.15, -0.1) is 11.3 Å². The van der Waals surface area contributed by atoms with E-state index in [0.29, 0.717) is 21.5 Å². The number of aromatic amines is 1. The predicted molar refractivity (Wildman–Crippen MR) is 105 cm³/mol. The van der Waals surface area contributed by atoms with Crippen molar-refractivity contribution in [1.82, 2.24) is 4.98 Å². The fraction of sp³-hybridized carbons (Fsp3) is 0.200. The molecule has 2 heterocycles. The van der Waals surface area contributed by atoms with E-state index in [9.17, 15) is 19.6 Å². The molecule has 0 radical (unpaired) electrons. The van der Waals surface area contributed by atoms with Crippen molar-refractivity contribution in [3.05, 3.63) is 62.3 Å². The summed E-state index contributed by atoms with van der Waals surface area (Å²) < 4.78 is 5.09. The number of benzene rings is 1. The topological polar surface area (TPSA) is 112 Å². The van der Waals surface area contributed by atoms with Crippen molar-refractivity contribution in [2.75, 3.05) is 11.9 Å². The lowest BCUT2D eigenvalue weighted by molar-refractivity contribution is -0.119. The molecule has 0 spiro atoms. The molecular formula is C20H15N3O4S. The van der Waals surface area contributed by atoms with E-state index in [2.05, 4.69) is 16.4 Å². The molecule has 2 N–H and O–H groups in total. The van der Waals surface area contributed by atoms with E-state index >= 15 is 0 Å². The number of hydrogen-bond acceptors (Lipinski definition) is 6. The molecule has 0 atom stereocenters. The van der Waals surface area contributed by atoms with Crippen LogP contribution in [0.15, 0.2) is 35.1 Å². The zero-order valence-electron chi connectivity index (χ0n) is 14.7. The number of nitriles is 1. The Labute approximate surface area is 163 Å². The summed E-state index contributed by atoms with van der Waals surface area (Å²) in [7, 11) is 0. The van der Waals surface area contributed by atoms with Crippen molar-refractivity contribution >= 4 is 39.1 Å². The van der Waals surface area contributed by atoms with Gasteiger partial charge in [0.2, 0.25) is 5.56 Å². The minimum atomic E-state index is -0.758. The number of hydrogen-bond donors (Lipinski definition) is 2. The normalized spacial score (nSPS) is 12.4. The number of esters is 1. The zero-order valence-corrected chi connectivity index (χ0v) is 15.5. The summed E-state index contributed by atoms with van der Waals surface area (Å²) >= 11 is 1.40. The van der Waals surface area contributed by atoms with E-state index in [-0.39, 0.29) is 5.56 Å². The Morgan fingerprint density at radius 3 is 2.93 bits per heavy atom. The number of pyridine rings is 1. The third-order valence-corrected chi connectivity index (χ3v) is 5.80. The van der Waals surface area contributed by atoms with Crippen LogP contribution in [0.3, 0.4) is 0 Å². The van der Waals surface area contributed by atoms with Crippen LogP contribution >= 0.6 is 11.3 Å². The largest absolute Gasteiger partial charge is 0.452 e. The standard InChI is InChI=1S/C20H15N3O4S/c21-9-14-12-5-3-7-16(12)28-19(14)23-18(25)10-27-20(26)13-8-17(24)22-15-6-2-1-4-11(13)15/h1-2,4,6,8H,3,5,7,10H2,(H,22,24)(H,23,25). The minimum Gasteiger partial charge on any atom is -0.452 e. The van der Waals surface area contributed by atoms with Gasteiger partial charge in [-0.25, -0.2) is 4.79 Å². The molecule has 2 aromatic heterocycles. The number of ether oxygens (including phenoxy) is 1. The highest BCUT2D eigenvalue weighted by molar-refractivity contribution is 7.16. The second-order valence-electron chi connectivity index (χ2n) is 6.39. The van der Waals surface area contributed by atoms with E-state index in [1.54, 1.807) is 24.3 Å². The first-order valence-corrected chi connectivity index (χ1v) is 9.52. The quantitative estimate of drug-likeness (QED) is 0.662. The number of fused-ring (bicyclic) bond motifs is 2. The fourth-order valence-corrected chi connectivity index (χ4v) is 4.61. The summed E-state index contributed by atoms with van der Waals surface area (Å²) in [5.74, 6) is -1.29. The lowest BCUT2D eigenvalue weighted by atomic mass is 10.1. The maximum Gasteiger partial charge on any atom is 0.339 e. The molecule has 0 unspecified atom stereocenters. The molecule has 28 heavy (non-hydrogen) atoms. The number of nitrogens with zero attached hydrogens (tertiary/aromatic N) is 1. The molecule has 140 valence electrons. The maximum absolute atomic E-state index is 12.4. The van der Waals surface area contributed by atoms with Gasteiger partial charge in [-0.3, -0.25) is 9.59 Å². The summed E-state index contributed by atoms with van der Waals surface area (Å²) in [5.41, 5.74) is 1.69. The number of carbonyl (C=O) groups is 2. The third kappa shape index (κ3) is 3.28. The molecule has 1 aromatic carbocycles. The molecule has 7 nitrogen and oxygen atoms in total. The number of rotatable bonds is 4. The Bertz CT molecular complexity index is 1200. The fourth-order valence-electron chi connectivity index (χ4n) is 3.36. The predicted octanol–water partition coefficient (Wildman–Crippen LogP) is 2.75. The van der Waals surface area contributed by atoms with Gasteiger partial charge < -0.3 is 15.0 Å². The van der Waals surface area contributed by atoms with E-state index in [0.717, 1.165) is 35.8 Å². The third-order valence-electron chi connectivity index (χ3n) is 4.59. The average molecular weight is 393 g/mol. The molecule has 0 bridgehead atoms. The highest BCUT2D eigenvalue weighted by atomic mass is 32.1. The first kappa shape index (κ1) is 17.9. The molecular weight excluding hydrogens is 378 g/mol. The first-order valence-electron chi connectivity index (χ1n) is 8.70. The van der Waals surface area contributed by atoms with Gasteiger partial charge in [0.15, 0.2) is 6.61 Å². The Balaban J connectivity index is 1.47. The van der Waals surface area contributed by atoms with E-state index in [1.165, 1.54) is 11.3 Å². The molecule has 0 saturated heterocycles. The minimum absolute atomic E-state index is 0.0972. The van der Waals surface area contributed by atoms with Crippen LogP contribution < -0.4 is 10.9 Å². The number of nitrogens with one attached hydrogen (secondary N) is 2. The van der Waals surface area contributed by atoms with Crippen LogP contribution in [-0.2, 0) is 22.4 Å². The van der Waals surface area contributed by atoms with Gasteiger partial charge in [-0.05, 0) is 30.9 Å². The van der Waals surface area contributed by atoms with Gasteiger partial charge in [0, 0.05) is 21.8 Å². The Kier molecular flexibility index (Phi) is 4.67. The van der Waals surface area contributed by atoms with Crippen LogP contribution in [0.4, 0.5) is 5.00 Å². The van der Waals surface area contributed by atoms with Crippen LogP contribution in [0.1, 0.15) is 32.8 Å². The summed E-state index contributed by atoms with van der Waals surface area (Å²) in [6.45, 7) is -0.507. The highest BCUT2D eigenvalue weighted by Crippen LogP contribution is 2.38. The van der Waals surface area contributed by atoms with Crippen LogP contribution in [0.25, 0.3) is 10.9 Å². The van der Waals surface area contributed by atoms with Crippen LogP contribution in [-0.4, -0.2) is 23.5 Å². The van der Waals surface area contributed by atoms with Crippen molar-refractivity contribution < 1.29 is 14.3 Å². The number of carbonyl (C=O) groups excluding carboxylic acids is 2. The highest BCUT2D eigenvalue weighted by Gasteiger charge is 2.23. The smallest absolute Gasteiger partial charge is 0.339 e. The lowest BCUT2D eigenvalue weighted by Crippen LogP contribution is -2.22. The van der Waals surface area contributed by atoms with Gasteiger partial charge in [0.05, 0.1) is 11.1 Å². The number of thiophene rings is 1. The van der Waals surface area contributed by atoms with Gasteiger partial charge in [-0.2, -0.15) is 5.26 Å². The van der Waals surface area contributed by atoms with Crippen LogP contribution in [0.2, 0.25) is 0 Å². The lowest BCUT2D eigenvalue weighted by Gasteiger charge is -2.08. The molecule has 1 aliphatic carbocycles. The summed E-state index contributed by atoms with van der Waals surface area (Å²) in [6, 6.07) is 10.2. The van der Waals surface area contributed by atoms with Gasteiger partial charge in [-0.1, -0.05) is 18.2 Å². The average Bonchev–Trinajstić information content (AvgIpc) is 3.26. The van der Waals surface area contributed by atoms with Gasteiger partial charge in [0.25, 0.3) is 5.91 Å². The van der Waals surface area contributed by atoms with E-state index in [1.807, 2.05) is 0 Å². The SMILES string of the molecule is N#Cc1c(NC(=O)COC(=O)c2cc(=O)[nH]c3ccccc23)sc2c1CCC2. The van der Waals surface area contributed by atoms with Gasteiger partial charge in [0.1, 0.15) is 11.1 Å². The number of anilines is 1. The van der Waals surface area contributed by atoms with E-state index < -0.39 is 24.0 Å². The monoisotopic (exact) mass is 393 g/mol. The Morgan fingerprint density at radius 2 is 2.11 bits per heavy atom. The van der Waals surface area contributed by atoms with Crippen molar-refractivity contribution in [2.24, 2.45) is 0 Å². The Hall–Kier alpha value is -3.44. The number of aryl methyl sites for hydroxylation is 1. The molecule has 1 aliphatic rings. The zero-order chi connectivity index (χ0) is 19.7. The molecule has 0 saturated carbocycles. The molecule has 4 rings (SSSR count). The molecule has 0 aliphatic heterocycles. The first-order chi connectivity index (χ1) is 13.6. The number of para-hydroxylation sites is 1. The van der Waals surface area contributed by atoms with Crippen molar-refractivity contribution in [2.45, 2.75) is 19.3 Å². The maximum atomic E-state index is 12.4. The van der Waals surface area contributed by atoms with Crippen LogP contribution in [0, 0.1) is 11.3 Å². The number of amides is 1. The second kappa shape index (κ2) is 7.29. The van der Waals surface area contributed by atoms with Crippen LogP contribution in [0.5, 0.6) is 0 Å². The summed E-state index contributed by atoms with van der Waals surface area (Å²) in [6.07, 6.45) is 2.77. The summed E-state index contributed by atoms with van der Waals surface area (Å²) in [4.78, 5) is 40.1. The molecule has 3 aromatic rings. The molecule has 8 heteroatoms. The van der Waals surface area contributed by atoms with Crippen molar-refractivity contribution in [1.29, 1.82) is 5.26 Å². The molecule has 1 amide bonds.